The molecule has 0 heterocycles. The van der Waals surface area contributed by atoms with Crippen molar-refractivity contribution in [1.82, 2.24) is 10.2 Å². The molecule has 7 nitrogen and oxygen atoms in total. The summed E-state index contributed by atoms with van der Waals surface area (Å²) in [5, 5.41) is 2.56. The smallest absolute Gasteiger partial charge is 0.244 e. The van der Waals surface area contributed by atoms with Crippen LogP contribution in [0.2, 0.25) is 0 Å². The number of nitrogens with one attached hydrogen (secondary N) is 1. The highest BCUT2D eigenvalue weighted by molar-refractivity contribution is 9.10. The normalized spacial score (nSPS) is 12.2. The number of likely N-dealkylation sites (N-methyl/N-ethyl adjacent to an activating group) is 1. The van der Waals surface area contributed by atoms with Gasteiger partial charge in [-0.15, -0.1) is 0 Å². The van der Waals surface area contributed by atoms with Crippen LogP contribution in [0.15, 0.2) is 53.0 Å². The molecule has 0 aliphatic rings. The molecule has 1 unspecified atom stereocenters. The molecular weight excluding hydrogens is 482 g/mol. The Hall–Kier alpha value is -2.39. The van der Waals surface area contributed by atoms with Crippen molar-refractivity contribution < 1.29 is 18.0 Å². The van der Waals surface area contributed by atoms with Crippen LogP contribution < -0.4 is 9.62 Å². The Bertz CT molecular complexity index is 1040. The summed E-state index contributed by atoms with van der Waals surface area (Å²) in [7, 11) is -2.23. The fourth-order valence-corrected chi connectivity index (χ4v) is 4.60. The summed E-state index contributed by atoms with van der Waals surface area (Å²) in [6, 6.07) is 13.7. The molecule has 0 fully saturated rings. The van der Waals surface area contributed by atoms with Crippen molar-refractivity contribution in [3.63, 3.8) is 0 Å². The van der Waals surface area contributed by atoms with Gasteiger partial charge in [-0.05, 0) is 42.7 Å². The van der Waals surface area contributed by atoms with E-state index >= 15 is 0 Å². The number of para-hydroxylation sites is 1. The van der Waals surface area contributed by atoms with E-state index in [1.54, 1.807) is 19.1 Å². The zero-order chi connectivity index (χ0) is 23.2. The summed E-state index contributed by atoms with van der Waals surface area (Å²) in [5.74, 6) is -0.796. The van der Waals surface area contributed by atoms with E-state index in [1.165, 1.54) is 11.9 Å². The zero-order valence-corrected chi connectivity index (χ0v) is 20.5. The summed E-state index contributed by atoms with van der Waals surface area (Å²) in [6.07, 6.45) is 1.69. The predicted molar refractivity (Wildman–Crippen MR) is 126 cm³/mol. The van der Waals surface area contributed by atoms with E-state index in [4.69, 9.17) is 0 Å². The van der Waals surface area contributed by atoms with Gasteiger partial charge in [0.05, 0.1) is 11.9 Å². The summed E-state index contributed by atoms with van der Waals surface area (Å²) < 4.78 is 27.1. The Morgan fingerprint density at radius 1 is 1.13 bits per heavy atom. The van der Waals surface area contributed by atoms with Crippen LogP contribution in [0.3, 0.4) is 0 Å². The fraction of sp³-hybridized carbons (Fsp3) is 0.364. The molecule has 2 amide bonds. The van der Waals surface area contributed by atoms with Gasteiger partial charge in [0.2, 0.25) is 21.8 Å². The Labute approximate surface area is 192 Å². The second-order valence-corrected chi connectivity index (χ2v) is 10.0. The fourth-order valence-electron chi connectivity index (χ4n) is 3.27. The summed E-state index contributed by atoms with van der Waals surface area (Å²) in [4.78, 5) is 27.1. The van der Waals surface area contributed by atoms with Crippen LogP contribution in [0.5, 0.6) is 0 Å². The van der Waals surface area contributed by atoms with Crippen molar-refractivity contribution in [2.75, 3.05) is 24.2 Å². The first kappa shape index (κ1) is 24.9. The number of hydrogen-bond donors (Lipinski definition) is 1. The van der Waals surface area contributed by atoms with Gasteiger partial charge in [0, 0.05) is 18.1 Å². The number of hydrogen-bond acceptors (Lipinski definition) is 4. The van der Waals surface area contributed by atoms with Gasteiger partial charge in [-0.25, -0.2) is 8.42 Å². The van der Waals surface area contributed by atoms with Crippen LogP contribution in [0, 0.1) is 0 Å². The predicted octanol–water partition coefficient (Wildman–Crippen LogP) is 2.94. The molecule has 0 aromatic heterocycles. The van der Waals surface area contributed by atoms with Crippen molar-refractivity contribution in [3.05, 3.63) is 64.1 Å². The van der Waals surface area contributed by atoms with E-state index < -0.39 is 28.5 Å². The number of aryl methyl sites for hydroxylation is 1. The monoisotopic (exact) mass is 509 g/mol. The van der Waals surface area contributed by atoms with E-state index in [0.717, 1.165) is 26.2 Å². The van der Waals surface area contributed by atoms with E-state index in [-0.39, 0.29) is 12.5 Å². The van der Waals surface area contributed by atoms with Crippen LogP contribution in [-0.2, 0) is 32.6 Å². The van der Waals surface area contributed by atoms with E-state index in [2.05, 4.69) is 21.2 Å². The number of sulfonamides is 1. The van der Waals surface area contributed by atoms with E-state index in [0.29, 0.717) is 12.1 Å². The van der Waals surface area contributed by atoms with Gasteiger partial charge in [0.1, 0.15) is 12.6 Å². The first-order valence-electron chi connectivity index (χ1n) is 9.89. The molecule has 2 rings (SSSR count). The van der Waals surface area contributed by atoms with Gasteiger partial charge in [0.25, 0.3) is 0 Å². The minimum atomic E-state index is -3.73. The lowest BCUT2D eigenvalue weighted by Gasteiger charge is -2.31. The van der Waals surface area contributed by atoms with Gasteiger partial charge < -0.3 is 10.2 Å². The number of benzene rings is 2. The number of carbonyl (C=O) groups is 2. The second-order valence-electron chi connectivity index (χ2n) is 7.19. The van der Waals surface area contributed by atoms with Crippen LogP contribution in [0.1, 0.15) is 25.0 Å². The average molecular weight is 510 g/mol. The van der Waals surface area contributed by atoms with Crippen molar-refractivity contribution in [1.29, 1.82) is 0 Å². The quantitative estimate of drug-likeness (QED) is 0.562. The highest BCUT2D eigenvalue weighted by atomic mass is 79.9. The van der Waals surface area contributed by atoms with Gasteiger partial charge in [-0.1, -0.05) is 53.2 Å². The number of nitrogens with zero attached hydrogens (tertiary/aromatic N) is 2. The van der Waals surface area contributed by atoms with Crippen LogP contribution in [0.4, 0.5) is 5.69 Å². The first-order valence-corrected chi connectivity index (χ1v) is 12.5. The number of amides is 2. The highest BCUT2D eigenvalue weighted by Gasteiger charge is 2.30. The van der Waals surface area contributed by atoms with Crippen LogP contribution >= 0.6 is 15.9 Å². The molecular formula is C22H28BrN3O4S. The summed E-state index contributed by atoms with van der Waals surface area (Å²) >= 11 is 3.41. The Morgan fingerprint density at radius 2 is 1.81 bits per heavy atom. The third-order valence-electron chi connectivity index (χ3n) is 4.98. The van der Waals surface area contributed by atoms with Gasteiger partial charge >= 0.3 is 0 Å². The Morgan fingerprint density at radius 3 is 2.39 bits per heavy atom. The van der Waals surface area contributed by atoms with E-state index in [9.17, 15) is 18.0 Å². The molecule has 0 radical (unpaired) electrons. The molecule has 2 aromatic rings. The number of halogens is 1. The first-order chi connectivity index (χ1) is 14.6. The molecule has 0 spiro atoms. The molecule has 0 aliphatic heterocycles. The standard InChI is InChI=1S/C22H28BrN3O4S/c1-5-18-10-6-7-12-20(18)26(31(4,29)30)15-21(27)25(16(2)22(28)24-3)14-17-9-8-11-19(23)13-17/h6-13,16H,5,14-15H2,1-4H3,(H,24,28). The maximum absolute atomic E-state index is 13.4. The largest absolute Gasteiger partial charge is 0.357 e. The summed E-state index contributed by atoms with van der Waals surface area (Å²) in [6.45, 7) is 3.32. The lowest BCUT2D eigenvalue weighted by atomic mass is 10.1. The SMILES string of the molecule is CCc1ccccc1N(CC(=O)N(Cc1cccc(Br)c1)C(C)C(=O)NC)S(C)(=O)=O. The minimum Gasteiger partial charge on any atom is -0.357 e. The molecule has 2 aromatic carbocycles. The molecule has 1 N–H and O–H groups in total. The topological polar surface area (TPSA) is 86.8 Å². The molecule has 168 valence electrons. The Kier molecular flexibility index (Phi) is 8.64. The van der Waals surface area contributed by atoms with Crippen molar-refractivity contribution >= 4 is 43.5 Å². The third-order valence-corrected chi connectivity index (χ3v) is 6.60. The van der Waals surface area contributed by atoms with Gasteiger partial charge in [-0.3, -0.25) is 13.9 Å². The molecule has 1 atom stereocenters. The van der Waals surface area contributed by atoms with Crippen molar-refractivity contribution in [2.45, 2.75) is 32.9 Å². The molecule has 31 heavy (non-hydrogen) atoms. The zero-order valence-electron chi connectivity index (χ0n) is 18.1. The third kappa shape index (κ3) is 6.54. The van der Waals surface area contributed by atoms with E-state index in [1.807, 2.05) is 43.3 Å². The van der Waals surface area contributed by atoms with Crippen LogP contribution in [-0.4, -0.2) is 51.0 Å². The van der Waals surface area contributed by atoms with Crippen LogP contribution in [0.25, 0.3) is 0 Å². The molecule has 0 saturated heterocycles. The number of rotatable bonds is 9. The second kappa shape index (κ2) is 10.8. The number of anilines is 1. The van der Waals surface area contributed by atoms with Crippen molar-refractivity contribution in [2.24, 2.45) is 0 Å². The minimum absolute atomic E-state index is 0.167. The lowest BCUT2D eigenvalue weighted by Crippen LogP contribution is -2.50. The van der Waals surface area contributed by atoms with Crippen molar-refractivity contribution in [3.8, 4) is 0 Å². The van der Waals surface area contributed by atoms with Gasteiger partial charge in [0.15, 0.2) is 0 Å². The van der Waals surface area contributed by atoms with Gasteiger partial charge in [-0.2, -0.15) is 0 Å². The molecule has 9 heteroatoms. The maximum Gasteiger partial charge on any atom is 0.244 e. The average Bonchev–Trinajstić information content (AvgIpc) is 2.73. The summed E-state index contributed by atoms with van der Waals surface area (Å²) in [5.41, 5.74) is 2.10. The molecule has 0 saturated carbocycles. The highest BCUT2D eigenvalue weighted by Crippen LogP contribution is 2.24. The molecule has 0 bridgehead atoms. The molecule has 0 aliphatic carbocycles. The maximum atomic E-state index is 13.4. The Balaban J connectivity index is 2.42. The number of carbonyl (C=O) groups excluding carboxylic acids is 2. The lowest BCUT2D eigenvalue weighted by molar-refractivity contribution is -0.139.